The third kappa shape index (κ3) is 8.52. The summed E-state index contributed by atoms with van der Waals surface area (Å²) in [5.74, 6) is 1.44. The molecule has 4 aromatic carbocycles. The van der Waals surface area contributed by atoms with E-state index in [1.54, 1.807) is 31.4 Å². The van der Waals surface area contributed by atoms with Crippen LogP contribution in [0.4, 0.5) is 0 Å². The molecule has 0 unspecified atom stereocenters. The second kappa shape index (κ2) is 16.0. The molecule has 2 atom stereocenters. The van der Waals surface area contributed by atoms with E-state index in [9.17, 15) is 9.90 Å². The lowest BCUT2D eigenvalue weighted by Gasteiger charge is -2.23. The highest BCUT2D eigenvalue weighted by atomic mass is 79.9. The van der Waals surface area contributed by atoms with Crippen LogP contribution >= 0.6 is 50.7 Å². The molecule has 0 fully saturated rings. The molecule has 0 spiro atoms. The summed E-state index contributed by atoms with van der Waals surface area (Å²) in [5, 5.41) is 14.5. The number of rotatable bonds is 13. The number of aryl methyl sites for hydroxylation is 2. The van der Waals surface area contributed by atoms with Crippen molar-refractivity contribution in [3.05, 3.63) is 108 Å². The van der Waals surface area contributed by atoms with E-state index >= 15 is 0 Å². The predicted molar refractivity (Wildman–Crippen MR) is 196 cm³/mol. The first-order valence-corrected chi connectivity index (χ1v) is 17.6. The number of carbonyl (C=O) groups is 1. The number of phenolic OH excluding ortho intramolecular Hbond substituents is 1. The van der Waals surface area contributed by atoms with E-state index < -0.39 is 0 Å². The minimum Gasteiger partial charge on any atom is -0.504 e. The van der Waals surface area contributed by atoms with E-state index in [0.29, 0.717) is 61.2 Å². The Bertz CT molecular complexity index is 1800. The van der Waals surface area contributed by atoms with Crippen LogP contribution in [0.15, 0.2) is 65.1 Å². The van der Waals surface area contributed by atoms with Gasteiger partial charge in [-0.25, -0.2) is 0 Å². The average Bonchev–Trinajstić information content (AvgIpc) is 3.47. The van der Waals surface area contributed by atoms with E-state index in [4.69, 9.17) is 49.0 Å². The lowest BCUT2D eigenvalue weighted by Crippen LogP contribution is -2.33. The first-order valence-electron chi connectivity index (χ1n) is 15.7. The van der Waals surface area contributed by atoms with Crippen molar-refractivity contribution in [3.8, 4) is 28.7 Å². The number of nitrogens with zero attached hydrogens (tertiary/aromatic N) is 1. The Morgan fingerprint density at radius 1 is 0.833 bits per heavy atom. The highest BCUT2D eigenvalue weighted by Gasteiger charge is 2.27. The molecule has 4 aromatic rings. The van der Waals surface area contributed by atoms with E-state index in [0.717, 1.165) is 48.2 Å². The van der Waals surface area contributed by atoms with Crippen molar-refractivity contribution in [2.24, 2.45) is 0 Å². The molecular weight excluding hydrogens is 739 g/mol. The van der Waals surface area contributed by atoms with Gasteiger partial charge in [0.05, 0.1) is 29.3 Å². The van der Waals surface area contributed by atoms with Gasteiger partial charge in [0.15, 0.2) is 23.0 Å². The van der Waals surface area contributed by atoms with Crippen molar-refractivity contribution in [1.29, 1.82) is 0 Å². The van der Waals surface area contributed by atoms with Gasteiger partial charge in [-0.05, 0) is 126 Å². The van der Waals surface area contributed by atoms with Crippen LogP contribution in [0, 0.1) is 0 Å². The van der Waals surface area contributed by atoms with Crippen LogP contribution in [-0.2, 0) is 25.9 Å². The van der Waals surface area contributed by atoms with Gasteiger partial charge in [-0.1, -0.05) is 46.9 Å². The third-order valence-electron chi connectivity index (χ3n) is 8.68. The van der Waals surface area contributed by atoms with E-state index in [1.807, 2.05) is 43.3 Å². The maximum absolute atomic E-state index is 13.7. The summed E-state index contributed by atoms with van der Waals surface area (Å²) in [7, 11) is 3.09. The first-order chi connectivity index (χ1) is 23.0. The lowest BCUT2D eigenvalue weighted by atomic mass is 10.0. The van der Waals surface area contributed by atoms with Gasteiger partial charge in [-0.3, -0.25) is 9.69 Å². The normalized spacial score (nSPS) is 13.9. The number of phenols is 1. The Hall–Kier alpha value is -3.14. The highest BCUT2D eigenvalue weighted by molar-refractivity contribution is 9.10. The van der Waals surface area contributed by atoms with Crippen LogP contribution in [-0.4, -0.2) is 42.2 Å². The van der Waals surface area contributed by atoms with Crippen LogP contribution in [0.2, 0.25) is 15.1 Å². The van der Waals surface area contributed by atoms with Crippen LogP contribution < -0.4 is 19.5 Å². The molecule has 7 nitrogen and oxygen atoms in total. The number of hydrogen-bond donors (Lipinski definition) is 2. The molecule has 1 heterocycles. The second-order valence-corrected chi connectivity index (χ2v) is 14.1. The summed E-state index contributed by atoms with van der Waals surface area (Å²) in [6, 6.07) is 18.6. The number of hydrogen-bond acceptors (Lipinski definition) is 6. The summed E-state index contributed by atoms with van der Waals surface area (Å²) < 4.78 is 17.9. The number of benzene rings is 4. The molecule has 0 bridgehead atoms. The smallest absolute Gasteiger partial charge is 0.256 e. The van der Waals surface area contributed by atoms with Gasteiger partial charge in [0.25, 0.3) is 5.91 Å². The van der Waals surface area contributed by atoms with E-state index in [2.05, 4.69) is 33.1 Å². The van der Waals surface area contributed by atoms with Crippen molar-refractivity contribution in [1.82, 2.24) is 10.2 Å². The summed E-state index contributed by atoms with van der Waals surface area (Å²) >= 11 is 22.6. The quantitative estimate of drug-likeness (QED) is 0.141. The molecule has 0 aromatic heterocycles. The molecule has 254 valence electrons. The van der Waals surface area contributed by atoms with E-state index in [1.165, 1.54) is 7.11 Å². The van der Waals surface area contributed by atoms with Crippen LogP contribution in [0.25, 0.3) is 0 Å². The molecule has 0 radical (unpaired) electrons. The maximum atomic E-state index is 13.7. The molecule has 2 N–H and O–H groups in total. The minimum absolute atomic E-state index is 0.137. The molecule has 1 aliphatic heterocycles. The van der Waals surface area contributed by atoms with Crippen LogP contribution in [0.5, 0.6) is 28.7 Å². The first kappa shape index (κ1) is 36.1. The number of fused-ring (bicyclic) bond motifs is 1. The number of halogens is 4. The zero-order chi connectivity index (χ0) is 34.5. The summed E-state index contributed by atoms with van der Waals surface area (Å²) in [5.41, 5.74) is 4.71. The number of amides is 1. The fraction of sp³-hybridized carbons (Fsp3) is 0.324. The molecule has 1 aliphatic rings. The maximum Gasteiger partial charge on any atom is 0.256 e. The molecule has 48 heavy (non-hydrogen) atoms. The van der Waals surface area contributed by atoms with Crippen molar-refractivity contribution < 1.29 is 24.1 Å². The number of carbonyl (C=O) groups excluding carboxylic acids is 1. The van der Waals surface area contributed by atoms with Gasteiger partial charge < -0.3 is 24.6 Å². The Balaban J connectivity index is 1.28. The van der Waals surface area contributed by atoms with Gasteiger partial charge in [-0.2, -0.15) is 0 Å². The standard InChI is InChI=1S/C37H38BrCl3N2O5/c1-21(5-7-23-9-12-28(39)29(40)15-23)42-37(45)35-27(38)11-14-32(46-3)36(35)48-33-18-26-20-43(19-25(26)17-30(33)41)22(2)6-8-24-10-13-31(44)34(16-24)47-4/h9-18,21-22,44H,5-8,19-20H2,1-4H3,(H,42,45)/t21-,22-/m1/s1. The lowest BCUT2D eigenvalue weighted by molar-refractivity contribution is 0.0934. The molecule has 0 aliphatic carbocycles. The number of ether oxygens (including phenoxy) is 3. The zero-order valence-electron chi connectivity index (χ0n) is 27.2. The van der Waals surface area contributed by atoms with Gasteiger partial charge in [0.1, 0.15) is 11.3 Å². The van der Waals surface area contributed by atoms with E-state index in [-0.39, 0.29) is 23.4 Å². The minimum atomic E-state index is -0.305. The van der Waals surface area contributed by atoms with Crippen molar-refractivity contribution in [2.75, 3.05) is 14.2 Å². The second-order valence-electron chi connectivity index (χ2n) is 12.1. The predicted octanol–water partition coefficient (Wildman–Crippen LogP) is 10.0. The molecule has 0 saturated heterocycles. The summed E-state index contributed by atoms with van der Waals surface area (Å²) in [6.07, 6.45) is 3.18. The number of methoxy groups -OCH3 is 2. The Kier molecular flexibility index (Phi) is 12.1. The molecular formula is C37H38BrCl3N2O5. The third-order valence-corrected chi connectivity index (χ3v) is 10.4. The fourth-order valence-corrected chi connectivity index (χ4v) is 6.86. The van der Waals surface area contributed by atoms with Crippen molar-refractivity contribution >= 4 is 56.6 Å². The fourth-order valence-electron chi connectivity index (χ4n) is 5.82. The Morgan fingerprint density at radius 3 is 2.21 bits per heavy atom. The Labute approximate surface area is 305 Å². The van der Waals surface area contributed by atoms with Crippen LogP contribution in [0.3, 0.4) is 0 Å². The largest absolute Gasteiger partial charge is 0.504 e. The molecule has 1 amide bonds. The monoisotopic (exact) mass is 774 g/mol. The van der Waals surface area contributed by atoms with Crippen molar-refractivity contribution in [3.63, 3.8) is 0 Å². The molecule has 11 heteroatoms. The number of aromatic hydroxyl groups is 1. The summed E-state index contributed by atoms with van der Waals surface area (Å²) in [6.45, 7) is 5.67. The summed E-state index contributed by atoms with van der Waals surface area (Å²) in [4.78, 5) is 16.1. The molecule has 5 rings (SSSR count). The SMILES string of the molecule is COc1cc(CC[C@@H](C)N2Cc3cc(Cl)c(Oc4c(OC)ccc(Br)c4C(=O)N[C@H](C)CCc4ccc(Cl)c(Cl)c4)cc3C2)ccc1O. The van der Waals surface area contributed by atoms with Gasteiger partial charge in [-0.15, -0.1) is 0 Å². The zero-order valence-corrected chi connectivity index (χ0v) is 31.1. The van der Waals surface area contributed by atoms with Crippen LogP contribution in [0.1, 0.15) is 59.3 Å². The Morgan fingerprint density at radius 2 is 1.50 bits per heavy atom. The highest BCUT2D eigenvalue weighted by Crippen LogP contribution is 2.43. The average molecular weight is 777 g/mol. The van der Waals surface area contributed by atoms with Gasteiger partial charge in [0, 0.05) is 29.6 Å². The van der Waals surface area contributed by atoms with Gasteiger partial charge >= 0.3 is 0 Å². The molecule has 0 saturated carbocycles. The van der Waals surface area contributed by atoms with Gasteiger partial charge in [0.2, 0.25) is 0 Å². The topological polar surface area (TPSA) is 80.3 Å². The number of nitrogens with one attached hydrogen (secondary N) is 1. The van der Waals surface area contributed by atoms with Crippen molar-refractivity contribution in [2.45, 2.75) is 64.7 Å².